The van der Waals surface area contributed by atoms with Crippen molar-refractivity contribution in [3.63, 3.8) is 0 Å². The normalized spacial score (nSPS) is 18.9. The van der Waals surface area contributed by atoms with Gasteiger partial charge in [0, 0.05) is 25.3 Å². The molecule has 0 aliphatic carbocycles. The fraction of sp³-hybridized carbons (Fsp3) is 0.538. The molecule has 1 atom stereocenters. The van der Waals surface area contributed by atoms with E-state index in [1.54, 1.807) is 12.5 Å². The van der Waals surface area contributed by atoms with E-state index in [0.717, 1.165) is 31.7 Å². The Bertz CT molecular complexity index is 509. The molecule has 1 N–H and O–H groups in total. The number of piperidine rings is 1. The van der Waals surface area contributed by atoms with Gasteiger partial charge in [-0.15, -0.1) is 0 Å². The van der Waals surface area contributed by atoms with Gasteiger partial charge in [0.1, 0.15) is 12.1 Å². The number of anilines is 1. The standard InChI is InChI=1S/C13H18N6O/c1-10(13-16-9-17-20-13)19-6-3-11(4-7-19)18-12-2-5-14-8-15-12/h2,5,8-11H,3-4,6-7H2,1H3,(H,14,15,18). The minimum absolute atomic E-state index is 0.178. The lowest BCUT2D eigenvalue weighted by Gasteiger charge is -2.34. The predicted molar refractivity (Wildman–Crippen MR) is 73.0 cm³/mol. The Kier molecular flexibility index (Phi) is 3.87. The van der Waals surface area contributed by atoms with Crippen LogP contribution in [0.4, 0.5) is 5.82 Å². The Morgan fingerprint density at radius 2 is 2.15 bits per heavy atom. The molecule has 3 heterocycles. The maximum atomic E-state index is 5.14. The number of rotatable bonds is 4. The van der Waals surface area contributed by atoms with Gasteiger partial charge in [0.25, 0.3) is 0 Å². The predicted octanol–water partition coefficient (Wildman–Crippen LogP) is 1.50. The van der Waals surface area contributed by atoms with Crippen LogP contribution in [0.2, 0.25) is 0 Å². The van der Waals surface area contributed by atoms with Crippen molar-refractivity contribution in [3.8, 4) is 0 Å². The van der Waals surface area contributed by atoms with Gasteiger partial charge in [-0.3, -0.25) is 4.90 Å². The molecule has 0 radical (unpaired) electrons. The van der Waals surface area contributed by atoms with E-state index in [0.29, 0.717) is 11.9 Å². The highest BCUT2D eigenvalue weighted by Gasteiger charge is 2.26. The second-order valence-electron chi connectivity index (χ2n) is 5.00. The summed E-state index contributed by atoms with van der Waals surface area (Å²) in [6.45, 7) is 4.12. The van der Waals surface area contributed by atoms with Crippen LogP contribution in [0.1, 0.15) is 31.7 Å². The molecule has 1 aliphatic rings. The lowest BCUT2D eigenvalue weighted by molar-refractivity contribution is 0.140. The van der Waals surface area contributed by atoms with Gasteiger partial charge in [-0.2, -0.15) is 4.98 Å². The van der Waals surface area contributed by atoms with E-state index in [1.165, 1.54) is 6.33 Å². The van der Waals surface area contributed by atoms with Gasteiger partial charge in [-0.05, 0) is 25.8 Å². The quantitative estimate of drug-likeness (QED) is 0.904. The Balaban J connectivity index is 1.52. The maximum absolute atomic E-state index is 5.14. The lowest BCUT2D eigenvalue weighted by Crippen LogP contribution is -2.40. The molecule has 2 aromatic heterocycles. The van der Waals surface area contributed by atoms with Crippen molar-refractivity contribution >= 4 is 5.82 Å². The van der Waals surface area contributed by atoms with Gasteiger partial charge in [-0.25, -0.2) is 9.97 Å². The molecule has 0 spiro atoms. The minimum Gasteiger partial charge on any atom is -0.367 e. The van der Waals surface area contributed by atoms with Crippen LogP contribution < -0.4 is 5.32 Å². The van der Waals surface area contributed by atoms with E-state index in [9.17, 15) is 0 Å². The van der Waals surface area contributed by atoms with Crippen molar-refractivity contribution in [1.82, 2.24) is 25.0 Å². The summed E-state index contributed by atoms with van der Waals surface area (Å²) in [6.07, 6.45) is 6.91. The third kappa shape index (κ3) is 2.93. The largest absolute Gasteiger partial charge is 0.367 e. The first-order valence-corrected chi connectivity index (χ1v) is 6.86. The topological polar surface area (TPSA) is 80.0 Å². The minimum atomic E-state index is 0.178. The van der Waals surface area contributed by atoms with Gasteiger partial charge < -0.3 is 9.84 Å². The Morgan fingerprint density at radius 1 is 1.30 bits per heavy atom. The summed E-state index contributed by atoms with van der Waals surface area (Å²) in [4.78, 5) is 14.6. The fourth-order valence-electron chi connectivity index (χ4n) is 2.54. The molecule has 7 heteroatoms. The number of hydrogen-bond donors (Lipinski definition) is 1. The number of nitrogens with one attached hydrogen (secondary N) is 1. The Labute approximate surface area is 117 Å². The molecule has 20 heavy (non-hydrogen) atoms. The van der Waals surface area contributed by atoms with Crippen LogP contribution in [-0.4, -0.2) is 44.1 Å². The molecule has 0 aromatic carbocycles. The molecule has 1 fully saturated rings. The molecular formula is C13H18N6O. The molecule has 0 amide bonds. The van der Waals surface area contributed by atoms with Crippen molar-refractivity contribution in [2.45, 2.75) is 31.8 Å². The number of nitrogens with zero attached hydrogens (tertiary/aromatic N) is 5. The van der Waals surface area contributed by atoms with Crippen LogP contribution in [0, 0.1) is 0 Å². The van der Waals surface area contributed by atoms with Crippen molar-refractivity contribution in [3.05, 3.63) is 30.8 Å². The molecule has 3 rings (SSSR count). The third-order valence-corrected chi connectivity index (χ3v) is 3.75. The second-order valence-corrected chi connectivity index (χ2v) is 5.00. The lowest BCUT2D eigenvalue weighted by atomic mass is 10.0. The molecule has 1 saturated heterocycles. The van der Waals surface area contributed by atoms with Gasteiger partial charge in [0.2, 0.25) is 5.89 Å². The van der Waals surface area contributed by atoms with Crippen LogP contribution in [0.15, 0.2) is 29.4 Å². The van der Waals surface area contributed by atoms with Gasteiger partial charge in [-0.1, -0.05) is 5.16 Å². The highest BCUT2D eigenvalue weighted by molar-refractivity contribution is 5.33. The van der Waals surface area contributed by atoms with Crippen LogP contribution in [0.5, 0.6) is 0 Å². The summed E-state index contributed by atoms with van der Waals surface area (Å²) in [6, 6.07) is 2.53. The first-order chi connectivity index (χ1) is 9.83. The van der Waals surface area contributed by atoms with Crippen molar-refractivity contribution < 1.29 is 4.52 Å². The SMILES string of the molecule is CC(c1ncno1)N1CCC(Nc2ccncn2)CC1. The summed E-state index contributed by atoms with van der Waals surface area (Å²) >= 11 is 0. The van der Waals surface area contributed by atoms with E-state index in [1.807, 2.05) is 6.07 Å². The van der Waals surface area contributed by atoms with E-state index in [-0.39, 0.29) is 6.04 Å². The smallest absolute Gasteiger partial charge is 0.243 e. The number of likely N-dealkylation sites (tertiary alicyclic amines) is 1. The molecular weight excluding hydrogens is 256 g/mol. The van der Waals surface area contributed by atoms with Crippen LogP contribution in [0.3, 0.4) is 0 Å². The van der Waals surface area contributed by atoms with Crippen molar-refractivity contribution in [2.24, 2.45) is 0 Å². The highest BCUT2D eigenvalue weighted by Crippen LogP contribution is 2.23. The average molecular weight is 274 g/mol. The second kappa shape index (κ2) is 5.96. The zero-order chi connectivity index (χ0) is 13.8. The number of aromatic nitrogens is 4. The van der Waals surface area contributed by atoms with Crippen molar-refractivity contribution in [1.29, 1.82) is 0 Å². The zero-order valence-corrected chi connectivity index (χ0v) is 11.4. The molecule has 1 unspecified atom stereocenters. The monoisotopic (exact) mass is 274 g/mol. The molecule has 7 nitrogen and oxygen atoms in total. The third-order valence-electron chi connectivity index (χ3n) is 3.75. The summed E-state index contributed by atoms with van der Waals surface area (Å²) in [5.41, 5.74) is 0. The highest BCUT2D eigenvalue weighted by atomic mass is 16.5. The molecule has 0 bridgehead atoms. The van der Waals surface area contributed by atoms with E-state index in [2.05, 4.69) is 37.2 Å². The Morgan fingerprint density at radius 3 is 2.80 bits per heavy atom. The van der Waals surface area contributed by atoms with Crippen molar-refractivity contribution in [2.75, 3.05) is 18.4 Å². The van der Waals surface area contributed by atoms with Crippen LogP contribution in [0.25, 0.3) is 0 Å². The van der Waals surface area contributed by atoms with E-state index in [4.69, 9.17) is 4.52 Å². The summed E-state index contributed by atoms with van der Waals surface area (Å²) in [5, 5.41) is 7.12. The summed E-state index contributed by atoms with van der Waals surface area (Å²) in [7, 11) is 0. The maximum Gasteiger partial charge on any atom is 0.243 e. The van der Waals surface area contributed by atoms with Gasteiger partial charge >= 0.3 is 0 Å². The summed E-state index contributed by atoms with van der Waals surface area (Å²) in [5.74, 6) is 1.58. The fourth-order valence-corrected chi connectivity index (χ4v) is 2.54. The zero-order valence-electron chi connectivity index (χ0n) is 11.4. The Hall–Kier alpha value is -2.02. The molecule has 1 aliphatic heterocycles. The average Bonchev–Trinajstić information content (AvgIpc) is 3.03. The number of hydrogen-bond acceptors (Lipinski definition) is 7. The molecule has 0 saturated carbocycles. The van der Waals surface area contributed by atoms with E-state index >= 15 is 0 Å². The molecule has 106 valence electrons. The van der Waals surface area contributed by atoms with E-state index < -0.39 is 0 Å². The van der Waals surface area contributed by atoms with Gasteiger partial charge in [0.15, 0.2) is 6.33 Å². The van der Waals surface area contributed by atoms with Gasteiger partial charge in [0.05, 0.1) is 6.04 Å². The van der Waals surface area contributed by atoms with Crippen LogP contribution >= 0.6 is 0 Å². The first-order valence-electron chi connectivity index (χ1n) is 6.86. The first kappa shape index (κ1) is 13.0. The summed E-state index contributed by atoms with van der Waals surface area (Å²) < 4.78 is 5.14. The molecule has 2 aromatic rings. The van der Waals surface area contributed by atoms with Crippen LogP contribution in [-0.2, 0) is 0 Å².